The van der Waals surface area contributed by atoms with Crippen molar-refractivity contribution in [1.82, 2.24) is 10.2 Å². The molecule has 0 aromatic heterocycles. The highest BCUT2D eigenvalue weighted by Gasteiger charge is 2.39. The second kappa shape index (κ2) is 5.27. The van der Waals surface area contributed by atoms with Crippen LogP contribution in [-0.4, -0.2) is 35.3 Å². The fourth-order valence-corrected chi connectivity index (χ4v) is 2.85. The summed E-state index contributed by atoms with van der Waals surface area (Å²) < 4.78 is 0. The predicted molar refractivity (Wildman–Crippen MR) is 76.2 cm³/mol. The van der Waals surface area contributed by atoms with E-state index in [-0.39, 0.29) is 17.9 Å². The van der Waals surface area contributed by atoms with E-state index in [1.165, 1.54) is 0 Å². The molecule has 106 valence electrons. The monoisotopic (exact) mass is 272 g/mol. The lowest BCUT2D eigenvalue weighted by molar-refractivity contribution is -0.128. The number of amides is 2. The minimum atomic E-state index is -0.0135. The molecule has 1 aliphatic heterocycles. The lowest BCUT2D eigenvalue weighted by Gasteiger charge is -2.16. The van der Waals surface area contributed by atoms with Crippen LogP contribution in [0.25, 0.3) is 0 Å². The summed E-state index contributed by atoms with van der Waals surface area (Å²) in [6, 6.07) is 8.40. The van der Waals surface area contributed by atoms with Crippen molar-refractivity contribution in [3.05, 3.63) is 35.4 Å². The Morgan fingerprint density at radius 1 is 1.40 bits per heavy atom. The van der Waals surface area contributed by atoms with E-state index in [9.17, 15) is 9.59 Å². The molecule has 1 atom stereocenters. The highest BCUT2D eigenvalue weighted by molar-refractivity contribution is 5.83. The standard InChI is InChI=1S/C16H20N2O2/c1-11-3-2-4-12(7-11)8-15(19)17-13-9-16(20)18(10-13)14-5-6-14/h2-4,7,13-14H,5-6,8-10H2,1H3,(H,17,19)/t13-/m0/s1. The number of aryl methyl sites for hydroxylation is 1. The van der Waals surface area contributed by atoms with E-state index in [1.54, 1.807) is 0 Å². The number of nitrogens with zero attached hydrogens (tertiary/aromatic N) is 1. The molecule has 0 spiro atoms. The van der Waals surface area contributed by atoms with Crippen LogP contribution in [0, 0.1) is 6.92 Å². The smallest absolute Gasteiger partial charge is 0.225 e. The highest BCUT2D eigenvalue weighted by atomic mass is 16.2. The van der Waals surface area contributed by atoms with E-state index >= 15 is 0 Å². The first-order chi connectivity index (χ1) is 9.61. The van der Waals surface area contributed by atoms with Crippen LogP contribution in [0.15, 0.2) is 24.3 Å². The van der Waals surface area contributed by atoms with Gasteiger partial charge in [0.25, 0.3) is 0 Å². The van der Waals surface area contributed by atoms with Gasteiger partial charge in [-0.15, -0.1) is 0 Å². The second-order valence-electron chi connectivity index (χ2n) is 5.91. The van der Waals surface area contributed by atoms with Crippen LogP contribution in [-0.2, 0) is 16.0 Å². The van der Waals surface area contributed by atoms with E-state index in [2.05, 4.69) is 5.32 Å². The Morgan fingerprint density at radius 3 is 2.90 bits per heavy atom. The first-order valence-electron chi connectivity index (χ1n) is 7.26. The minimum Gasteiger partial charge on any atom is -0.351 e. The lowest BCUT2D eigenvalue weighted by Crippen LogP contribution is -2.38. The molecule has 3 rings (SSSR count). The van der Waals surface area contributed by atoms with E-state index in [0.717, 1.165) is 24.0 Å². The summed E-state index contributed by atoms with van der Waals surface area (Å²) in [5.74, 6) is 0.194. The molecule has 1 saturated heterocycles. The van der Waals surface area contributed by atoms with Gasteiger partial charge >= 0.3 is 0 Å². The molecule has 2 aliphatic rings. The molecule has 1 aliphatic carbocycles. The Morgan fingerprint density at radius 2 is 2.20 bits per heavy atom. The number of rotatable bonds is 4. The highest BCUT2D eigenvalue weighted by Crippen LogP contribution is 2.30. The molecule has 0 radical (unpaired) electrons. The van der Waals surface area contributed by atoms with Gasteiger partial charge in [-0.05, 0) is 25.3 Å². The van der Waals surface area contributed by atoms with E-state index in [0.29, 0.717) is 25.4 Å². The summed E-state index contributed by atoms with van der Waals surface area (Å²) in [6.07, 6.45) is 3.08. The van der Waals surface area contributed by atoms with Gasteiger partial charge in [-0.2, -0.15) is 0 Å². The van der Waals surface area contributed by atoms with Crippen LogP contribution in [0.2, 0.25) is 0 Å². The Labute approximate surface area is 119 Å². The van der Waals surface area contributed by atoms with Gasteiger partial charge in [0.2, 0.25) is 11.8 Å². The lowest BCUT2D eigenvalue weighted by atomic mass is 10.1. The quantitative estimate of drug-likeness (QED) is 0.901. The summed E-state index contributed by atoms with van der Waals surface area (Å²) in [6.45, 7) is 2.70. The number of hydrogen-bond donors (Lipinski definition) is 1. The number of nitrogens with one attached hydrogen (secondary N) is 1. The molecular formula is C16H20N2O2. The summed E-state index contributed by atoms with van der Waals surface area (Å²) in [7, 11) is 0. The van der Waals surface area contributed by atoms with Crippen molar-refractivity contribution >= 4 is 11.8 Å². The zero-order chi connectivity index (χ0) is 14.1. The average molecular weight is 272 g/mol. The number of benzene rings is 1. The molecule has 2 fully saturated rings. The molecule has 4 nitrogen and oxygen atoms in total. The number of likely N-dealkylation sites (tertiary alicyclic amines) is 1. The van der Waals surface area contributed by atoms with Crippen LogP contribution in [0.3, 0.4) is 0 Å². The molecule has 20 heavy (non-hydrogen) atoms. The largest absolute Gasteiger partial charge is 0.351 e. The van der Waals surface area contributed by atoms with Crippen molar-refractivity contribution in [1.29, 1.82) is 0 Å². The normalized spacial score (nSPS) is 22.1. The summed E-state index contributed by atoms with van der Waals surface area (Å²) in [5, 5.41) is 2.99. The third-order valence-corrected chi connectivity index (χ3v) is 3.96. The van der Waals surface area contributed by atoms with Crippen LogP contribution in [0.4, 0.5) is 0 Å². The molecule has 0 unspecified atom stereocenters. The molecule has 1 N–H and O–H groups in total. The first-order valence-corrected chi connectivity index (χ1v) is 7.26. The Balaban J connectivity index is 1.53. The molecule has 1 heterocycles. The SMILES string of the molecule is Cc1cccc(CC(=O)N[C@H]2CC(=O)N(C3CC3)C2)c1. The van der Waals surface area contributed by atoms with Crippen LogP contribution >= 0.6 is 0 Å². The van der Waals surface area contributed by atoms with Gasteiger partial charge in [-0.1, -0.05) is 29.8 Å². The zero-order valence-electron chi connectivity index (χ0n) is 11.8. The average Bonchev–Trinajstić information content (AvgIpc) is 3.14. The maximum atomic E-state index is 12.0. The van der Waals surface area contributed by atoms with Gasteiger partial charge in [-0.25, -0.2) is 0 Å². The topological polar surface area (TPSA) is 49.4 Å². The Hall–Kier alpha value is -1.84. The molecule has 1 aromatic carbocycles. The van der Waals surface area contributed by atoms with Crippen molar-refractivity contribution in [2.75, 3.05) is 6.54 Å². The van der Waals surface area contributed by atoms with E-state index in [4.69, 9.17) is 0 Å². The van der Waals surface area contributed by atoms with Crippen molar-refractivity contribution in [3.8, 4) is 0 Å². The van der Waals surface area contributed by atoms with Gasteiger partial charge in [0.05, 0.1) is 12.5 Å². The van der Waals surface area contributed by atoms with Crippen molar-refractivity contribution in [2.45, 2.75) is 44.7 Å². The fraction of sp³-hybridized carbons (Fsp3) is 0.500. The Kier molecular flexibility index (Phi) is 3.47. The van der Waals surface area contributed by atoms with Crippen molar-refractivity contribution in [3.63, 3.8) is 0 Å². The van der Waals surface area contributed by atoms with Crippen LogP contribution < -0.4 is 5.32 Å². The van der Waals surface area contributed by atoms with Crippen molar-refractivity contribution < 1.29 is 9.59 Å². The van der Waals surface area contributed by atoms with Crippen molar-refractivity contribution in [2.24, 2.45) is 0 Å². The maximum absolute atomic E-state index is 12.0. The number of hydrogen-bond acceptors (Lipinski definition) is 2. The third-order valence-electron chi connectivity index (χ3n) is 3.96. The maximum Gasteiger partial charge on any atom is 0.225 e. The number of carbonyl (C=O) groups excluding carboxylic acids is 2. The molecular weight excluding hydrogens is 252 g/mol. The second-order valence-corrected chi connectivity index (χ2v) is 5.91. The van der Waals surface area contributed by atoms with E-state index in [1.807, 2.05) is 36.1 Å². The molecule has 1 saturated carbocycles. The first kappa shape index (κ1) is 13.2. The molecule has 1 aromatic rings. The van der Waals surface area contributed by atoms with Gasteiger partial charge in [0.15, 0.2) is 0 Å². The minimum absolute atomic E-state index is 0.00560. The van der Waals surface area contributed by atoms with Gasteiger partial charge < -0.3 is 10.2 Å². The third kappa shape index (κ3) is 3.00. The zero-order valence-corrected chi connectivity index (χ0v) is 11.8. The predicted octanol–water partition coefficient (Wildman–Crippen LogP) is 1.42. The number of carbonyl (C=O) groups is 2. The van der Waals surface area contributed by atoms with Crippen LogP contribution in [0.1, 0.15) is 30.4 Å². The van der Waals surface area contributed by atoms with Crippen LogP contribution in [0.5, 0.6) is 0 Å². The molecule has 2 amide bonds. The summed E-state index contributed by atoms with van der Waals surface area (Å²) >= 11 is 0. The van der Waals surface area contributed by atoms with E-state index < -0.39 is 0 Å². The van der Waals surface area contributed by atoms with Gasteiger partial charge in [0.1, 0.15) is 0 Å². The molecule has 4 heteroatoms. The van der Waals surface area contributed by atoms with Gasteiger partial charge in [0, 0.05) is 19.0 Å². The molecule has 0 bridgehead atoms. The summed E-state index contributed by atoms with van der Waals surface area (Å²) in [4.78, 5) is 25.8. The summed E-state index contributed by atoms with van der Waals surface area (Å²) in [5.41, 5.74) is 2.18. The fourth-order valence-electron chi connectivity index (χ4n) is 2.85. The Bertz CT molecular complexity index is 537. The van der Waals surface area contributed by atoms with Gasteiger partial charge in [-0.3, -0.25) is 9.59 Å².